The van der Waals surface area contributed by atoms with Gasteiger partial charge < -0.3 is 14.6 Å². The summed E-state index contributed by atoms with van der Waals surface area (Å²) in [5.74, 6) is -0.429. The first-order valence-electron chi connectivity index (χ1n) is 8.80. The minimum atomic E-state index is -0.928. The van der Waals surface area contributed by atoms with Crippen molar-refractivity contribution in [1.29, 1.82) is 0 Å². The Bertz CT molecular complexity index is 575. The molecule has 0 spiro atoms. The van der Waals surface area contributed by atoms with Crippen LogP contribution in [-0.2, 0) is 14.3 Å². The van der Waals surface area contributed by atoms with Crippen molar-refractivity contribution in [2.75, 3.05) is 13.7 Å². The molecule has 0 aliphatic heterocycles. The lowest BCUT2D eigenvalue weighted by atomic mass is 9.85. The van der Waals surface area contributed by atoms with Crippen LogP contribution in [0.5, 0.6) is 5.75 Å². The maximum atomic E-state index is 11.9. The Balaban J connectivity index is 3.41. The zero-order valence-electron chi connectivity index (χ0n) is 16.1. The number of rotatable bonds is 9. The van der Waals surface area contributed by atoms with Gasteiger partial charge in [-0.2, -0.15) is 0 Å². The predicted molar refractivity (Wildman–Crippen MR) is 97.4 cm³/mol. The molecule has 5 heteroatoms. The molecule has 140 valence electrons. The number of carbonyl (C=O) groups excluding carboxylic acids is 1. The molecule has 0 heterocycles. The van der Waals surface area contributed by atoms with Gasteiger partial charge in [-0.25, -0.2) is 0 Å². The van der Waals surface area contributed by atoms with Gasteiger partial charge in [0.2, 0.25) is 0 Å². The summed E-state index contributed by atoms with van der Waals surface area (Å²) in [6, 6.07) is 3.95. The van der Waals surface area contributed by atoms with Crippen LogP contribution in [0.1, 0.15) is 81.9 Å². The molecule has 0 aliphatic carbocycles. The molecule has 1 atom stereocenters. The second-order valence-electron chi connectivity index (χ2n) is 6.85. The molecule has 1 aromatic rings. The number of ether oxygens (including phenoxy) is 2. The Kier molecular flexibility index (Phi) is 7.94. The van der Waals surface area contributed by atoms with E-state index in [9.17, 15) is 14.7 Å². The quantitative estimate of drug-likeness (QED) is 0.666. The fraction of sp³-hybridized carbons (Fsp3) is 0.600. The molecule has 0 amide bonds. The van der Waals surface area contributed by atoms with E-state index >= 15 is 0 Å². The molecular weight excluding hydrogens is 320 g/mol. The monoisotopic (exact) mass is 350 g/mol. The van der Waals surface area contributed by atoms with Crippen LogP contribution in [0.2, 0.25) is 0 Å². The number of aliphatic carboxylic acids is 1. The van der Waals surface area contributed by atoms with Crippen LogP contribution in [-0.4, -0.2) is 30.8 Å². The van der Waals surface area contributed by atoms with E-state index in [1.807, 2.05) is 12.1 Å². The van der Waals surface area contributed by atoms with E-state index in [1.54, 1.807) is 14.0 Å². The smallest absolute Gasteiger partial charge is 0.306 e. The molecule has 0 aliphatic rings. The number of hydrogen-bond donors (Lipinski definition) is 1. The average Bonchev–Trinajstić information content (AvgIpc) is 2.52. The summed E-state index contributed by atoms with van der Waals surface area (Å²) in [6.45, 7) is 10.3. The summed E-state index contributed by atoms with van der Waals surface area (Å²) < 4.78 is 10.6. The normalized spacial score (nSPS) is 12.3. The summed E-state index contributed by atoms with van der Waals surface area (Å²) in [5.41, 5.74) is 2.91. The van der Waals surface area contributed by atoms with E-state index in [0.29, 0.717) is 0 Å². The highest BCUT2D eigenvalue weighted by molar-refractivity contribution is 5.74. The fourth-order valence-corrected chi connectivity index (χ4v) is 2.97. The molecule has 0 saturated carbocycles. The Labute approximate surface area is 150 Å². The molecular formula is C20H30O5. The van der Waals surface area contributed by atoms with Crippen LogP contribution in [0.15, 0.2) is 12.1 Å². The SMILES string of the molecule is CCOC(=O)CC(CC(=O)O)c1cc(C(C)C)c(OC)c(C(C)C)c1. The van der Waals surface area contributed by atoms with E-state index in [1.165, 1.54) is 0 Å². The molecule has 0 bridgehead atoms. The second-order valence-corrected chi connectivity index (χ2v) is 6.85. The zero-order chi connectivity index (χ0) is 19.1. The largest absolute Gasteiger partial charge is 0.496 e. The maximum Gasteiger partial charge on any atom is 0.306 e. The van der Waals surface area contributed by atoms with Crippen molar-refractivity contribution in [3.8, 4) is 5.75 Å². The van der Waals surface area contributed by atoms with Gasteiger partial charge in [0.1, 0.15) is 5.75 Å². The Morgan fingerprint density at radius 3 is 1.92 bits per heavy atom. The third kappa shape index (κ3) is 5.76. The second kappa shape index (κ2) is 9.44. The summed E-state index contributed by atoms with van der Waals surface area (Å²) in [4.78, 5) is 23.2. The molecule has 0 saturated heterocycles. The van der Waals surface area contributed by atoms with Crippen molar-refractivity contribution in [2.24, 2.45) is 0 Å². The Morgan fingerprint density at radius 1 is 1.04 bits per heavy atom. The van der Waals surface area contributed by atoms with Gasteiger partial charge in [0.05, 0.1) is 26.6 Å². The molecule has 0 radical (unpaired) electrons. The van der Waals surface area contributed by atoms with Gasteiger partial charge in [0.15, 0.2) is 0 Å². The standard InChI is InChI=1S/C20H30O5/c1-7-25-19(23)11-15(10-18(21)22)14-8-16(12(2)3)20(24-6)17(9-14)13(4)5/h8-9,12-13,15H,7,10-11H2,1-6H3,(H,21,22). The molecule has 5 nitrogen and oxygen atoms in total. The molecule has 1 rings (SSSR count). The average molecular weight is 350 g/mol. The van der Waals surface area contributed by atoms with E-state index in [0.717, 1.165) is 22.4 Å². The Hall–Kier alpha value is -2.04. The van der Waals surface area contributed by atoms with Gasteiger partial charge in [-0.05, 0) is 35.4 Å². The zero-order valence-corrected chi connectivity index (χ0v) is 16.1. The van der Waals surface area contributed by atoms with Crippen LogP contribution in [0, 0.1) is 0 Å². The molecule has 1 N–H and O–H groups in total. The lowest BCUT2D eigenvalue weighted by molar-refractivity contribution is -0.144. The predicted octanol–water partition coefficient (Wildman–Crippen LogP) is 4.45. The van der Waals surface area contributed by atoms with E-state index < -0.39 is 11.9 Å². The minimum Gasteiger partial charge on any atom is -0.496 e. The van der Waals surface area contributed by atoms with Crippen LogP contribution in [0.4, 0.5) is 0 Å². The maximum absolute atomic E-state index is 11.9. The molecule has 1 unspecified atom stereocenters. The highest BCUT2D eigenvalue weighted by atomic mass is 16.5. The highest BCUT2D eigenvalue weighted by Crippen LogP contribution is 2.38. The van der Waals surface area contributed by atoms with Gasteiger partial charge >= 0.3 is 11.9 Å². The number of carbonyl (C=O) groups is 2. The van der Waals surface area contributed by atoms with Crippen LogP contribution < -0.4 is 4.74 Å². The third-order valence-electron chi connectivity index (χ3n) is 4.23. The van der Waals surface area contributed by atoms with E-state index in [-0.39, 0.29) is 37.3 Å². The van der Waals surface area contributed by atoms with Crippen molar-refractivity contribution >= 4 is 11.9 Å². The van der Waals surface area contributed by atoms with Crippen LogP contribution in [0.25, 0.3) is 0 Å². The van der Waals surface area contributed by atoms with E-state index in [4.69, 9.17) is 9.47 Å². The van der Waals surface area contributed by atoms with E-state index in [2.05, 4.69) is 27.7 Å². The first kappa shape index (κ1) is 21.0. The van der Waals surface area contributed by atoms with Gasteiger partial charge in [-0.1, -0.05) is 39.8 Å². The molecule has 0 aromatic heterocycles. The summed E-state index contributed by atoms with van der Waals surface area (Å²) >= 11 is 0. The van der Waals surface area contributed by atoms with Crippen molar-refractivity contribution in [3.05, 3.63) is 28.8 Å². The molecule has 25 heavy (non-hydrogen) atoms. The Morgan fingerprint density at radius 2 is 1.56 bits per heavy atom. The summed E-state index contributed by atoms with van der Waals surface area (Å²) in [6.07, 6.45) is -0.0538. The minimum absolute atomic E-state index is 0.0571. The van der Waals surface area contributed by atoms with Crippen molar-refractivity contribution in [2.45, 2.75) is 65.2 Å². The van der Waals surface area contributed by atoms with Gasteiger partial charge in [0, 0.05) is 5.92 Å². The van der Waals surface area contributed by atoms with Crippen molar-refractivity contribution in [3.63, 3.8) is 0 Å². The van der Waals surface area contributed by atoms with Crippen molar-refractivity contribution in [1.82, 2.24) is 0 Å². The molecule has 1 aromatic carbocycles. The number of benzene rings is 1. The number of methoxy groups -OCH3 is 1. The fourth-order valence-electron chi connectivity index (χ4n) is 2.97. The lowest BCUT2D eigenvalue weighted by Gasteiger charge is -2.23. The topological polar surface area (TPSA) is 72.8 Å². The number of esters is 1. The number of carboxylic acids is 1. The lowest BCUT2D eigenvalue weighted by Crippen LogP contribution is -2.15. The van der Waals surface area contributed by atoms with Gasteiger partial charge in [0.25, 0.3) is 0 Å². The molecule has 0 fully saturated rings. The summed E-state index contributed by atoms with van der Waals surface area (Å²) in [5, 5.41) is 9.27. The first-order chi connectivity index (χ1) is 11.7. The van der Waals surface area contributed by atoms with Crippen LogP contribution >= 0.6 is 0 Å². The summed E-state index contributed by atoms with van der Waals surface area (Å²) in [7, 11) is 1.65. The third-order valence-corrected chi connectivity index (χ3v) is 4.23. The van der Waals surface area contributed by atoms with Crippen LogP contribution in [0.3, 0.4) is 0 Å². The van der Waals surface area contributed by atoms with Gasteiger partial charge in [-0.15, -0.1) is 0 Å². The number of hydrogen-bond acceptors (Lipinski definition) is 4. The first-order valence-corrected chi connectivity index (χ1v) is 8.80. The van der Waals surface area contributed by atoms with Crippen molar-refractivity contribution < 1.29 is 24.2 Å². The highest BCUT2D eigenvalue weighted by Gasteiger charge is 2.24. The number of carboxylic acid groups (broad SMARTS) is 1. The van der Waals surface area contributed by atoms with Gasteiger partial charge in [-0.3, -0.25) is 9.59 Å².